The van der Waals surface area contributed by atoms with Gasteiger partial charge in [-0.15, -0.1) is 11.3 Å². The van der Waals surface area contributed by atoms with Crippen molar-refractivity contribution in [2.24, 2.45) is 0 Å². The molecule has 1 aromatic carbocycles. The Morgan fingerprint density at radius 2 is 2.30 bits per heavy atom. The summed E-state index contributed by atoms with van der Waals surface area (Å²) in [6, 6.07) is 7.53. The number of hydrogen-bond donors (Lipinski definition) is 3. The van der Waals surface area contributed by atoms with Gasteiger partial charge in [-0.1, -0.05) is 0 Å². The number of rotatable bonds is 3. The summed E-state index contributed by atoms with van der Waals surface area (Å²) in [6.45, 7) is 2.40. The highest BCUT2D eigenvalue weighted by molar-refractivity contribution is 7.20. The Morgan fingerprint density at radius 3 is 3.05 bits per heavy atom. The third-order valence-electron chi connectivity index (χ3n) is 3.14. The molecule has 20 heavy (non-hydrogen) atoms. The predicted molar refractivity (Wildman–Crippen MR) is 80.7 cm³/mol. The van der Waals surface area contributed by atoms with E-state index in [0.29, 0.717) is 17.1 Å². The number of nitrogen functional groups attached to an aromatic ring is 1. The number of amides is 1. The molecule has 0 spiro atoms. The lowest BCUT2D eigenvalue weighted by molar-refractivity contribution is 0.0955. The molecule has 1 amide bonds. The minimum Gasteiger partial charge on any atom is -0.399 e. The molecule has 2 aromatic heterocycles. The maximum Gasteiger partial charge on any atom is 0.261 e. The fourth-order valence-corrected chi connectivity index (χ4v) is 2.95. The molecule has 0 atom stereocenters. The summed E-state index contributed by atoms with van der Waals surface area (Å²) < 4.78 is 1.06. The second-order valence-electron chi connectivity index (χ2n) is 4.61. The van der Waals surface area contributed by atoms with E-state index in [9.17, 15) is 4.79 Å². The van der Waals surface area contributed by atoms with Crippen molar-refractivity contribution < 1.29 is 4.79 Å². The van der Waals surface area contributed by atoms with Crippen molar-refractivity contribution in [3.63, 3.8) is 0 Å². The monoisotopic (exact) mass is 286 g/mol. The number of carbonyl (C=O) groups excluding carboxylic acids is 1. The third-order valence-corrected chi connectivity index (χ3v) is 4.25. The summed E-state index contributed by atoms with van der Waals surface area (Å²) in [5.41, 5.74) is 8.40. The minimum absolute atomic E-state index is 0.0784. The van der Waals surface area contributed by atoms with Crippen LogP contribution in [0.1, 0.15) is 20.9 Å². The van der Waals surface area contributed by atoms with E-state index in [4.69, 9.17) is 5.73 Å². The molecule has 0 saturated carbocycles. The van der Waals surface area contributed by atoms with Gasteiger partial charge in [-0.25, -0.2) is 0 Å². The molecule has 0 aliphatic heterocycles. The molecule has 0 bridgehead atoms. The number of thiophene rings is 1. The molecule has 2 heterocycles. The number of nitrogens with two attached hydrogens (primary N) is 1. The van der Waals surface area contributed by atoms with E-state index in [2.05, 4.69) is 15.5 Å². The van der Waals surface area contributed by atoms with Crippen molar-refractivity contribution in [1.82, 2.24) is 15.5 Å². The van der Waals surface area contributed by atoms with Gasteiger partial charge in [-0.3, -0.25) is 9.89 Å². The Morgan fingerprint density at radius 1 is 1.45 bits per heavy atom. The van der Waals surface area contributed by atoms with E-state index in [1.807, 2.05) is 31.2 Å². The molecule has 5 nitrogen and oxygen atoms in total. The van der Waals surface area contributed by atoms with E-state index in [0.717, 1.165) is 21.3 Å². The van der Waals surface area contributed by atoms with Gasteiger partial charge < -0.3 is 11.1 Å². The first-order chi connectivity index (χ1) is 9.63. The van der Waals surface area contributed by atoms with E-state index in [-0.39, 0.29) is 5.91 Å². The van der Waals surface area contributed by atoms with Gasteiger partial charge in [-0.05, 0) is 36.6 Å². The number of anilines is 1. The van der Waals surface area contributed by atoms with Crippen LogP contribution in [-0.4, -0.2) is 16.1 Å². The number of benzene rings is 1. The van der Waals surface area contributed by atoms with Crippen molar-refractivity contribution in [2.45, 2.75) is 13.5 Å². The van der Waals surface area contributed by atoms with Crippen molar-refractivity contribution in [1.29, 1.82) is 0 Å². The second-order valence-corrected chi connectivity index (χ2v) is 5.69. The number of fused-ring (bicyclic) bond motifs is 1. The van der Waals surface area contributed by atoms with Crippen LogP contribution in [0, 0.1) is 6.92 Å². The van der Waals surface area contributed by atoms with Gasteiger partial charge in [0.1, 0.15) is 0 Å². The molecule has 0 aliphatic carbocycles. The van der Waals surface area contributed by atoms with E-state index in [1.165, 1.54) is 11.3 Å². The number of nitrogens with one attached hydrogen (secondary N) is 2. The fraction of sp³-hybridized carbons (Fsp3) is 0.143. The highest BCUT2D eigenvalue weighted by Gasteiger charge is 2.11. The normalized spacial score (nSPS) is 10.8. The van der Waals surface area contributed by atoms with Gasteiger partial charge in [0.25, 0.3) is 5.91 Å². The average Bonchev–Trinajstić information content (AvgIpc) is 3.01. The van der Waals surface area contributed by atoms with Gasteiger partial charge in [-0.2, -0.15) is 5.10 Å². The Balaban J connectivity index is 1.77. The molecule has 0 unspecified atom stereocenters. The molecule has 6 heteroatoms. The van der Waals surface area contributed by atoms with Gasteiger partial charge in [0.2, 0.25) is 0 Å². The van der Waals surface area contributed by atoms with Crippen molar-refractivity contribution >= 4 is 33.0 Å². The van der Waals surface area contributed by atoms with Crippen LogP contribution in [-0.2, 0) is 6.54 Å². The molecule has 4 N–H and O–H groups in total. The number of aromatic nitrogens is 2. The molecular weight excluding hydrogens is 272 g/mol. The summed E-state index contributed by atoms with van der Waals surface area (Å²) >= 11 is 1.46. The van der Waals surface area contributed by atoms with E-state index >= 15 is 0 Å². The van der Waals surface area contributed by atoms with Gasteiger partial charge >= 0.3 is 0 Å². The van der Waals surface area contributed by atoms with Crippen LogP contribution < -0.4 is 11.1 Å². The topological polar surface area (TPSA) is 83.8 Å². The number of H-pyrrole nitrogens is 1. The smallest absolute Gasteiger partial charge is 0.261 e. The lowest BCUT2D eigenvalue weighted by Crippen LogP contribution is -2.21. The third kappa shape index (κ3) is 2.37. The SMILES string of the molecule is Cc1[nH]ncc1CNC(=O)c1cc2cc(N)ccc2s1. The van der Waals surface area contributed by atoms with E-state index in [1.54, 1.807) is 6.20 Å². The second kappa shape index (κ2) is 4.97. The van der Waals surface area contributed by atoms with Gasteiger partial charge in [0.15, 0.2) is 0 Å². The zero-order valence-corrected chi connectivity index (χ0v) is 11.8. The van der Waals surface area contributed by atoms with Crippen molar-refractivity contribution in [3.05, 3.63) is 46.6 Å². The maximum atomic E-state index is 12.1. The number of aromatic amines is 1. The Hall–Kier alpha value is -2.34. The Labute approximate surface area is 119 Å². The molecule has 3 aromatic rings. The summed E-state index contributed by atoms with van der Waals surface area (Å²) in [7, 11) is 0. The largest absolute Gasteiger partial charge is 0.399 e. The summed E-state index contributed by atoms with van der Waals surface area (Å²) in [5.74, 6) is -0.0784. The van der Waals surface area contributed by atoms with Crippen LogP contribution >= 0.6 is 11.3 Å². The van der Waals surface area contributed by atoms with Crippen molar-refractivity contribution in [3.8, 4) is 0 Å². The quantitative estimate of drug-likeness (QED) is 0.647. The van der Waals surface area contributed by atoms with Crippen LogP contribution in [0.5, 0.6) is 0 Å². The Kier molecular flexibility index (Phi) is 3.15. The minimum atomic E-state index is -0.0784. The molecule has 0 fully saturated rings. The average molecular weight is 286 g/mol. The first-order valence-corrected chi connectivity index (χ1v) is 7.01. The fourth-order valence-electron chi connectivity index (χ4n) is 1.99. The Bertz CT molecular complexity index is 774. The zero-order chi connectivity index (χ0) is 14.1. The molecule has 0 saturated heterocycles. The lowest BCUT2D eigenvalue weighted by atomic mass is 10.2. The first kappa shape index (κ1) is 12.7. The summed E-state index contributed by atoms with van der Waals surface area (Å²) in [6.07, 6.45) is 1.72. The number of carbonyl (C=O) groups is 1. The maximum absolute atomic E-state index is 12.1. The van der Waals surface area contributed by atoms with Crippen molar-refractivity contribution in [2.75, 3.05) is 5.73 Å². The summed E-state index contributed by atoms with van der Waals surface area (Å²) in [5, 5.41) is 10.7. The highest BCUT2D eigenvalue weighted by atomic mass is 32.1. The standard InChI is InChI=1S/C14H14N4OS/c1-8-10(7-17-18-8)6-16-14(19)13-5-9-4-11(15)2-3-12(9)20-13/h2-5,7H,6,15H2,1H3,(H,16,19)(H,17,18). The number of nitrogens with zero attached hydrogens (tertiary/aromatic N) is 1. The van der Waals surface area contributed by atoms with Gasteiger partial charge in [0.05, 0.1) is 11.1 Å². The van der Waals surface area contributed by atoms with Crippen LogP contribution in [0.15, 0.2) is 30.5 Å². The van der Waals surface area contributed by atoms with Crippen LogP contribution in [0.3, 0.4) is 0 Å². The first-order valence-electron chi connectivity index (χ1n) is 6.19. The molecule has 0 radical (unpaired) electrons. The highest BCUT2D eigenvalue weighted by Crippen LogP contribution is 2.27. The van der Waals surface area contributed by atoms with Gasteiger partial charge in [0, 0.05) is 28.2 Å². The molecule has 3 rings (SSSR count). The van der Waals surface area contributed by atoms with Crippen LogP contribution in [0.4, 0.5) is 5.69 Å². The molecule has 102 valence electrons. The number of aryl methyl sites for hydroxylation is 1. The molecule has 0 aliphatic rings. The number of hydrogen-bond acceptors (Lipinski definition) is 4. The van der Waals surface area contributed by atoms with Crippen LogP contribution in [0.2, 0.25) is 0 Å². The zero-order valence-electron chi connectivity index (χ0n) is 10.9. The lowest BCUT2D eigenvalue weighted by Gasteiger charge is -2.01. The van der Waals surface area contributed by atoms with E-state index < -0.39 is 0 Å². The van der Waals surface area contributed by atoms with Crippen LogP contribution in [0.25, 0.3) is 10.1 Å². The summed E-state index contributed by atoms with van der Waals surface area (Å²) in [4.78, 5) is 12.8. The predicted octanol–water partition coefficient (Wildman–Crippen LogP) is 2.45. The molecular formula is C14H14N4OS.